The van der Waals surface area contributed by atoms with Gasteiger partial charge in [-0.2, -0.15) is 0 Å². The van der Waals surface area contributed by atoms with Crippen LogP contribution in [0.2, 0.25) is 0 Å². The number of hydrogen-bond donors (Lipinski definition) is 3. The maximum Gasteiger partial charge on any atom is 0.472 e. The first-order valence-corrected chi connectivity index (χ1v) is 19.5. The number of nitrogens with zero attached hydrogens (tertiary/aromatic N) is 1. The molecule has 8 nitrogen and oxygen atoms in total. The summed E-state index contributed by atoms with van der Waals surface area (Å²) in [4.78, 5) is 22.9. The minimum absolute atomic E-state index is 0.0501. The van der Waals surface area contributed by atoms with E-state index >= 15 is 0 Å². The van der Waals surface area contributed by atoms with Gasteiger partial charge >= 0.3 is 7.82 Å². The highest BCUT2D eigenvalue weighted by atomic mass is 31.2. The van der Waals surface area contributed by atoms with E-state index in [9.17, 15) is 19.4 Å². The van der Waals surface area contributed by atoms with Crippen LogP contribution in [0, 0.1) is 0 Å². The van der Waals surface area contributed by atoms with Crippen LogP contribution in [0.15, 0.2) is 48.6 Å². The van der Waals surface area contributed by atoms with Crippen molar-refractivity contribution >= 4 is 13.7 Å². The molecule has 0 spiro atoms. The lowest BCUT2D eigenvalue weighted by Crippen LogP contribution is -2.45. The van der Waals surface area contributed by atoms with Gasteiger partial charge in [-0.05, 0) is 64.7 Å². The van der Waals surface area contributed by atoms with Crippen molar-refractivity contribution in [2.45, 2.75) is 142 Å². The molecule has 3 N–H and O–H groups in total. The van der Waals surface area contributed by atoms with Crippen molar-refractivity contribution in [2.75, 3.05) is 40.9 Å². The summed E-state index contributed by atoms with van der Waals surface area (Å²) in [6.07, 6.45) is 34.8. The number of quaternary nitrogens is 1. The first-order valence-electron chi connectivity index (χ1n) is 18.0. The standard InChI is InChI=1S/C37H69N2O6P/c1-6-8-10-12-14-16-17-18-19-20-21-23-25-27-29-31-37(41)38-35(34-45-46(42,43)44-33-32-39(3,4)5)36(40)30-28-26-24-22-15-13-11-9-7-2/h7,9,15,18-19,22,28,30,35-36,40H,6,8,10-14,16-17,20-21,23-27,29,31-34H2,1-5H3,(H-,38,41,42,43)/p+1/b9-7+,19-18-,22-15+,30-28+. The van der Waals surface area contributed by atoms with Crippen LogP contribution in [-0.4, -0.2) is 73.4 Å². The largest absolute Gasteiger partial charge is 0.472 e. The average molecular weight is 670 g/mol. The van der Waals surface area contributed by atoms with Crippen molar-refractivity contribution in [1.82, 2.24) is 5.32 Å². The zero-order valence-electron chi connectivity index (χ0n) is 30.0. The van der Waals surface area contributed by atoms with Crippen LogP contribution in [-0.2, 0) is 18.4 Å². The molecule has 0 aliphatic carbocycles. The van der Waals surface area contributed by atoms with Gasteiger partial charge in [0.2, 0.25) is 5.91 Å². The topological polar surface area (TPSA) is 105 Å². The van der Waals surface area contributed by atoms with E-state index in [1.165, 1.54) is 51.4 Å². The van der Waals surface area contributed by atoms with Gasteiger partial charge in [-0.1, -0.05) is 107 Å². The van der Waals surface area contributed by atoms with Gasteiger partial charge in [0.05, 0.1) is 39.9 Å². The molecule has 0 saturated heterocycles. The highest BCUT2D eigenvalue weighted by molar-refractivity contribution is 7.47. The number of aliphatic hydroxyl groups excluding tert-OH is 1. The molecule has 0 fully saturated rings. The van der Waals surface area contributed by atoms with E-state index in [-0.39, 0.29) is 19.1 Å². The van der Waals surface area contributed by atoms with Gasteiger partial charge in [-0.3, -0.25) is 13.8 Å². The molecule has 0 aliphatic rings. The van der Waals surface area contributed by atoms with Gasteiger partial charge in [-0.15, -0.1) is 0 Å². The normalized spacial score (nSPS) is 15.4. The third-order valence-corrected chi connectivity index (χ3v) is 8.58. The molecule has 0 aromatic rings. The quantitative estimate of drug-likeness (QED) is 0.0295. The van der Waals surface area contributed by atoms with Crippen LogP contribution in [0.1, 0.15) is 129 Å². The number of likely N-dealkylation sites (N-methyl/N-ethyl adjacent to an activating group) is 1. The minimum Gasteiger partial charge on any atom is -0.387 e. The van der Waals surface area contributed by atoms with Gasteiger partial charge in [0.25, 0.3) is 0 Å². The van der Waals surface area contributed by atoms with Gasteiger partial charge in [0.1, 0.15) is 13.2 Å². The Morgan fingerprint density at radius 2 is 1.28 bits per heavy atom. The number of nitrogens with one attached hydrogen (secondary N) is 1. The first kappa shape index (κ1) is 44.5. The molecule has 0 bridgehead atoms. The summed E-state index contributed by atoms with van der Waals surface area (Å²) in [5.74, 6) is -0.207. The Kier molecular flexibility index (Phi) is 28.6. The van der Waals surface area contributed by atoms with Crippen LogP contribution < -0.4 is 5.32 Å². The molecule has 9 heteroatoms. The maximum atomic E-state index is 12.7. The van der Waals surface area contributed by atoms with Crippen molar-refractivity contribution in [3.8, 4) is 0 Å². The molecular formula is C37H70N2O6P+. The fraction of sp³-hybridized carbons (Fsp3) is 0.757. The molecule has 0 radical (unpaired) electrons. The minimum atomic E-state index is -4.34. The van der Waals surface area contributed by atoms with E-state index in [0.29, 0.717) is 17.4 Å². The highest BCUT2D eigenvalue weighted by Crippen LogP contribution is 2.43. The monoisotopic (exact) mass is 669 g/mol. The number of carbonyl (C=O) groups excluding carboxylic acids is 1. The van der Waals surface area contributed by atoms with Crippen LogP contribution in [0.4, 0.5) is 0 Å². The van der Waals surface area contributed by atoms with Gasteiger partial charge in [0, 0.05) is 6.42 Å². The van der Waals surface area contributed by atoms with Crippen molar-refractivity contribution in [1.29, 1.82) is 0 Å². The van der Waals surface area contributed by atoms with Crippen molar-refractivity contribution in [2.24, 2.45) is 0 Å². The number of aliphatic hydroxyl groups is 1. The Balaban J connectivity index is 4.56. The van der Waals surface area contributed by atoms with Crippen LogP contribution in [0.3, 0.4) is 0 Å². The van der Waals surface area contributed by atoms with Gasteiger partial charge < -0.3 is 19.8 Å². The summed E-state index contributed by atoms with van der Waals surface area (Å²) in [5, 5.41) is 13.6. The molecular weight excluding hydrogens is 599 g/mol. The average Bonchev–Trinajstić information content (AvgIpc) is 2.99. The molecule has 3 unspecified atom stereocenters. The zero-order chi connectivity index (χ0) is 34.4. The Hall–Kier alpha value is -1.54. The van der Waals surface area contributed by atoms with Crippen LogP contribution in [0.5, 0.6) is 0 Å². The third-order valence-electron chi connectivity index (χ3n) is 7.59. The number of allylic oxidation sites excluding steroid dienone is 7. The van der Waals surface area contributed by atoms with Crippen molar-refractivity contribution < 1.29 is 32.9 Å². The number of hydrogen-bond acceptors (Lipinski definition) is 5. The van der Waals surface area contributed by atoms with E-state index in [0.717, 1.165) is 57.8 Å². The summed E-state index contributed by atoms with van der Waals surface area (Å²) < 4.78 is 23.3. The number of phosphoric ester groups is 1. The fourth-order valence-corrected chi connectivity index (χ4v) is 5.40. The van der Waals surface area contributed by atoms with Gasteiger partial charge in [0.15, 0.2) is 0 Å². The fourth-order valence-electron chi connectivity index (χ4n) is 4.66. The van der Waals surface area contributed by atoms with Crippen molar-refractivity contribution in [3.05, 3.63) is 48.6 Å². The summed E-state index contributed by atoms with van der Waals surface area (Å²) in [7, 11) is 1.53. The lowest BCUT2D eigenvalue weighted by atomic mass is 10.1. The molecule has 1 amide bonds. The number of carbonyl (C=O) groups is 1. The zero-order valence-corrected chi connectivity index (χ0v) is 30.9. The number of unbranched alkanes of at least 4 members (excludes halogenated alkanes) is 13. The molecule has 0 saturated carbocycles. The second-order valence-corrected chi connectivity index (χ2v) is 14.7. The Bertz CT molecular complexity index is 897. The second-order valence-electron chi connectivity index (χ2n) is 13.2. The Morgan fingerprint density at radius 1 is 0.761 bits per heavy atom. The molecule has 0 aromatic carbocycles. The van der Waals surface area contributed by atoms with E-state index in [2.05, 4.69) is 42.6 Å². The summed E-state index contributed by atoms with van der Waals surface area (Å²) in [5.41, 5.74) is 0. The summed E-state index contributed by atoms with van der Waals surface area (Å²) in [6.45, 7) is 4.50. The van der Waals surface area contributed by atoms with E-state index in [1.54, 1.807) is 6.08 Å². The number of phosphoric acid groups is 1. The third kappa shape index (κ3) is 31.1. The van der Waals surface area contributed by atoms with E-state index in [4.69, 9.17) is 9.05 Å². The molecule has 0 aromatic heterocycles. The Morgan fingerprint density at radius 3 is 1.87 bits per heavy atom. The predicted molar refractivity (Wildman–Crippen MR) is 194 cm³/mol. The predicted octanol–water partition coefficient (Wildman–Crippen LogP) is 8.96. The van der Waals surface area contributed by atoms with Crippen molar-refractivity contribution in [3.63, 3.8) is 0 Å². The second kappa shape index (κ2) is 29.6. The molecule has 3 atom stereocenters. The van der Waals surface area contributed by atoms with E-state index in [1.807, 2.05) is 40.2 Å². The van der Waals surface area contributed by atoms with Gasteiger partial charge in [-0.25, -0.2) is 4.57 Å². The SMILES string of the molecule is C/C=C/CC/C=C/CC/C=C/C(O)C(COP(=O)(O)OCC[N+](C)(C)C)NC(=O)CCCCCCC/C=C\CCCCCCCC. The molecule has 46 heavy (non-hydrogen) atoms. The summed E-state index contributed by atoms with van der Waals surface area (Å²) in [6, 6.07) is -0.870. The first-order chi connectivity index (χ1) is 22.0. The number of amides is 1. The van der Waals surface area contributed by atoms with Crippen LogP contribution >= 0.6 is 7.82 Å². The highest BCUT2D eigenvalue weighted by Gasteiger charge is 2.27. The molecule has 0 heterocycles. The van der Waals surface area contributed by atoms with Crippen LogP contribution in [0.25, 0.3) is 0 Å². The van der Waals surface area contributed by atoms with E-state index < -0.39 is 20.0 Å². The molecule has 0 aliphatic heterocycles. The lowest BCUT2D eigenvalue weighted by Gasteiger charge is -2.25. The Labute approximate surface area is 282 Å². The molecule has 0 rings (SSSR count). The smallest absolute Gasteiger partial charge is 0.387 e. The lowest BCUT2D eigenvalue weighted by molar-refractivity contribution is -0.870. The number of rotatable bonds is 31. The maximum absolute atomic E-state index is 12.7. The summed E-state index contributed by atoms with van der Waals surface area (Å²) >= 11 is 0. The molecule has 268 valence electrons.